The maximum absolute atomic E-state index is 12.5. The van der Waals surface area contributed by atoms with Gasteiger partial charge in [0, 0.05) is 25.5 Å². The lowest BCUT2D eigenvalue weighted by molar-refractivity contribution is -0.137. The number of benzene rings is 1. The Morgan fingerprint density at radius 3 is 2.70 bits per heavy atom. The van der Waals surface area contributed by atoms with E-state index in [-0.39, 0.29) is 5.69 Å². The lowest BCUT2D eigenvalue weighted by Gasteiger charge is -2.12. The number of halogens is 3. The molecule has 0 amide bonds. The van der Waals surface area contributed by atoms with Gasteiger partial charge in [0.25, 0.3) is 0 Å². The molecule has 0 bridgehead atoms. The Hall–Kier alpha value is -2.18. The Morgan fingerprint density at radius 2 is 2.10 bits per heavy atom. The highest BCUT2D eigenvalue weighted by atomic mass is 19.4. The second-order valence-corrected chi connectivity index (χ2v) is 4.35. The van der Waals surface area contributed by atoms with Crippen LogP contribution in [0.3, 0.4) is 0 Å². The van der Waals surface area contributed by atoms with Crippen LogP contribution in [-0.2, 0) is 12.7 Å². The first-order chi connectivity index (χ1) is 9.47. The van der Waals surface area contributed by atoms with Crippen LogP contribution < -0.4 is 11.1 Å². The number of rotatable bonds is 5. The Labute approximate surface area is 114 Å². The van der Waals surface area contributed by atoms with Gasteiger partial charge in [-0.1, -0.05) is 0 Å². The van der Waals surface area contributed by atoms with E-state index in [0.717, 1.165) is 25.1 Å². The van der Waals surface area contributed by atoms with Gasteiger partial charge in [-0.2, -0.15) is 18.3 Å². The standard InChI is InChI=1S/C13H15F3N4/c14-13(15,16)10-3-4-12(11(17)9-10)18-5-1-7-20-8-2-6-19-20/h2-4,6,8-9,18H,1,5,7,17H2. The molecule has 7 heteroatoms. The van der Waals surface area contributed by atoms with E-state index in [1.807, 2.05) is 12.3 Å². The summed E-state index contributed by atoms with van der Waals surface area (Å²) >= 11 is 0. The Balaban J connectivity index is 1.87. The summed E-state index contributed by atoms with van der Waals surface area (Å²) in [6.07, 6.45) is -0.0251. The van der Waals surface area contributed by atoms with Crippen LogP contribution in [0.15, 0.2) is 36.7 Å². The molecule has 0 radical (unpaired) electrons. The van der Waals surface area contributed by atoms with Crippen molar-refractivity contribution in [3.63, 3.8) is 0 Å². The van der Waals surface area contributed by atoms with E-state index in [1.54, 1.807) is 10.9 Å². The predicted molar refractivity (Wildman–Crippen MR) is 71.2 cm³/mol. The maximum Gasteiger partial charge on any atom is 0.416 e. The molecule has 0 spiro atoms. The van der Waals surface area contributed by atoms with Gasteiger partial charge in [-0.3, -0.25) is 4.68 Å². The molecule has 0 atom stereocenters. The van der Waals surface area contributed by atoms with Crippen molar-refractivity contribution in [2.24, 2.45) is 0 Å². The zero-order valence-electron chi connectivity index (χ0n) is 10.7. The average molecular weight is 284 g/mol. The Bertz CT molecular complexity index is 549. The van der Waals surface area contributed by atoms with E-state index in [2.05, 4.69) is 10.4 Å². The number of alkyl halides is 3. The number of nitrogens with one attached hydrogen (secondary N) is 1. The lowest BCUT2D eigenvalue weighted by Crippen LogP contribution is -2.10. The van der Waals surface area contributed by atoms with Crippen molar-refractivity contribution < 1.29 is 13.2 Å². The number of aryl methyl sites for hydroxylation is 1. The third-order valence-corrected chi connectivity index (χ3v) is 2.82. The van der Waals surface area contributed by atoms with E-state index in [1.165, 1.54) is 6.07 Å². The first-order valence-electron chi connectivity index (χ1n) is 6.15. The Morgan fingerprint density at radius 1 is 1.30 bits per heavy atom. The first kappa shape index (κ1) is 14.2. The molecule has 0 saturated heterocycles. The molecule has 1 heterocycles. The summed E-state index contributed by atoms with van der Waals surface area (Å²) in [5, 5.41) is 7.08. The van der Waals surface area contributed by atoms with E-state index >= 15 is 0 Å². The molecule has 1 aromatic heterocycles. The molecule has 2 rings (SSSR count). The number of anilines is 2. The molecule has 3 N–H and O–H groups in total. The molecule has 108 valence electrons. The SMILES string of the molecule is Nc1cc(C(F)(F)F)ccc1NCCCn1cccn1. The molecule has 0 saturated carbocycles. The van der Waals surface area contributed by atoms with Gasteiger partial charge in [0.2, 0.25) is 0 Å². The fourth-order valence-corrected chi connectivity index (χ4v) is 1.80. The molecule has 0 aliphatic carbocycles. The second kappa shape index (κ2) is 5.85. The third kappa shape index (κ3) is 3.66. The van der Waals surface area contributed by atoms with E-state index < -0.39 is 11.7 Å². The van der Waals surface area contributed by atoms with Crippen LogP contribution in [-0.4, -0.2) is 16.3 Å². The van der Waals surface area contributed by atoms with Gasteiger partial charge < -0.3 is 11.1 Å². The molecule has 0 aliphatic rings. The second-order valence-electron chi connectivity index (χ2n) is 4.35. The molecule has 0 fully saturated rings. The summed E-state index contributed by atoms with van der Waals surface area (Å²) < 4.78 is 39.2. The monoisotopic (exact) mass is 284 g/mol. The minimum Gasteiger partial charge on any atom is -0.397 e. The van der Waals surface area contributed by atoms with Gasteiger partial charge in [0.05, 0.1) is 16.9 Å². The smallest absolute Gasteiger partial charge is 0.397 e. The Kier molecular flexibility index (Phi) is 4.16. The van der Waals surface area contributed by atoms with Crippen molar-refractivity contribution in [3.05, 3.63) is 42.2 Å². The van der Waals surface area contributed by atoms with Gasteiger partial charge in [-0.25, -0.2) is 0 Å². The van der Waals surface area contributed by atoms with Crippen molar-refractivity contribution in [2.45, 2.75) is 19.1 Å². The number of nitrogens with two attached hydrogens (primary N) is 1. The maximum atomic E-state index is 12.5. The number of nitrogens with zero attached hydrogens (tertiary/aromatic N) is 2. The summed E-state index contributed by atoms with van der Waals surface area (Å²) in [4.78, 5) is 0. The summed E-state index contributed by atoms with van der Waals surface area (Å²) in [5.74, 6) is 0. The van der Waals surface area contributed by atoms with Crippen molar-refractivity contribution in [1.29, 1.82) is 0 Å². The van der Waals surface area contributed by atoms with Crippen LogP contribution in [0.5, 0.6) is 0 Å². The normalized spacial score (nSPS) is 11.6. The van der Waals surface area contributed by atoms with Crippen LogP contribution >= 0.6 is 0 Å². The molecular weight excluding hydrogens is 269 g/mol. The van der Waals surface area contributed by atoms with E-state index in [9.17, 15) is 13.2 Å². The van der Waals surface area contributed by atoms with Crippen LogP contribution in [0, 0.1) is 0 Å². The minimum atomic E-state index is -4.37. The molecular formula is C13H15F3N4. The number of hydrogen-bond donors (Lipinski definition) is 2. The molecule has 4 nitrogen and oxygen atoms in total. The van der Waals surface area contributed by atoms with Gasteiger partial charge in [0.15, 0.2) is 0 Å². The molecule has 2 aromatic rings. The molecule has 0 aliphatic heterocycles. The first-order valence-corrected chi connectivity index (χ1v) is 6.15. The van der Waals surface area contributed by atoms with Crippen molar-refractivity contribution >= 4 is 11.4 Å². The summed E-state index contributed by atoms with van der Waals surface area (Å²) in [5.41, 5.74) is 5.48. The highest BCUT2D eigenvalue weighted by Gasteiger charge is 2.30. The summed E-state index contributed by atoms with van der Waals surface area (Å²) in [6, 6.07) is 5.15. The minimum absolute atomic E-state index is 0.0962. The third-order valence-electron chi connectivity index (χ3n) is 2.82. The lowest BCUT2D eigenvalue weighted by atomic mass is 10.1. The van der Waals surface area contributed by atoms with Crippen LogP contribution in [0.25, 0.3) is 0 Å². The van der Waals surface area contributed by atoms with Gasteiger partial charge >= 0.3 is 6.18 Å². The van der Waals surface area contributed by atoms with Gasteiger partial charge in [-0.15, -0.1) is 0 Å². The summed E-state index contributed by atoms with van der Waals surface area (Å²) in [6.45, 7) is 1.34. The predicted octanol–water partition coefficient (Wildman–Crippen LogP) is 2.99. The quantitative estimate of drug-likeness (QED) is 0.655. The van der Waals surface area contributed by atoms with E-state index in [0.29, 0.717) is 12.2 Å². The number of nitrogen functional groups attached to an aromatic ring is 1. The van der Waals surface area contributed by atoms with Crippen molar-refractivity contribution in [1.82, 2.24) is 9.78 Å². The fourth-order valence-electron chi connectivity index (χ4n) is 1.80. The molecule has 20 heavy (non-hydrogen) atoms. The van der Waals surface area contributed by atoms with Crippen molar-refractivity contribution in [2.75, 3.05) is 17.6 Å². The zero-order chi connectivity index (χ0) is 14.6. The largest absolute Gasteiger partial charge is 0.416 e. The molecule has 1 aromatic carbocycles. The number of aromatic nitrogens is 2. The fraction of sp³-hybridized carbons (Fsp3) is 0.308. The highest BCUT2D eigenvalue weighted by molar-refractivity contribution is 5.67. The van der Waals surface area contributed by atoms with Crippen LogP contribution in [0.4, 0.5) is 24.5 Å². The highest BCUT2D eigenvalue weighted by Crippen LogP contribution is 2.32. The topological polar surface area (TPSA) is 55.9 Å². The van der Waals surface area contributed by atoms with Crippen LogP contribution in [0.2, 0.25) is 0 Å². The van der Waals surface area contributed by atoms with Crippen LogP contribution in [0.1, 0.15) is 12.0 Å². The van der Waals surface area contributed by atoms with E-state index in [4.69, 9.17) is 5.73 Å². The zero-order valence-corrected chi connectivity index (χ0v) is 10.7. The summed E-state index contributed by atoms with van der Waals surface area (Å²) in [7, 11) is 0. The van der Waals surface area contributed by atoms with Gasteiger partial charge in [0.1, 0.15) is 0 Å². The number of hydrogen-bond acceptors (Lipinski definition) is 3. The molecule has 0 unspecified atom stereocenters. The van der Waals surface area contributed by atoms with Crippen molar-refractivity contribution in [3.8, 4) is 0 Å². The average Bonchev–Trinajstić information content (AvgIpc) is 2.88. The van der Waals surface area contributed by atoms with Gasteiger partial charge in [-0.05, 0) is 30.7 Å².